The molecule has 0 bridgehead atoms. The second-order valence-electron chi connectivity index (χ2n) is 7.48. The van der Waals surface area contributed by atoms with Crippen LogP contribution in [0.2, 0.25) is 0 Å². The Balaban J connectivity index is 1.41. The molecule has 2 aromatic rings. The van der Waals surface area contributed by atoms with Crippen LogP contribution in [0.25, 0.3) is 0 Å². The summed E-state index contributed by atoms with van der Waals surface area (Å²) in [6.45, 7) is 1.36. The van der Waals surface area contributed by atoms with Gasteiger partial charge in [0.15, 0.2) is 0 Å². The molecule has 0 amide bonds. The lowest BCUT2D eigenvalue weighted by atomic mass is 10.1. The molecule has 7 nitrogen and oxygen atoms in total. The molecule has 156 valence electrons. The number of aromatic amines is 1. The maximum atomic E-state index is 11.7. The van der Waals surface area contributed by atoms with E-state index in [4.69, 9.17) is 4.74 Å². The van der Waals surface area contributed by atoms with E-state index in [9.17, 15) is 9.59 Å². The van der Waals surface area contributed by atoms with Crippen molar-refractivity contribution in [2.45, 2.75) is 57.6 Å². The number of nitrogens with zero attached hydrogens (tertiary/aromatic N) is 1. The fourth-order valence-corrected chi connectivity index (χ4v) is 3.66. The Morgan fingerprint density at radius 1 is 1.28 bits per heavy atom. The molecule has 0 atom stereocenters. The molecule has 1 heterocycles. The van der Waals surface area contributed by atoms with Gasteiger partial charge in [-0.3, -0.25) is 9.78 Å². The van der Waals surface area contributed by atoms with Gasteiger partial charge in [-0.15, -0.1) is 0 Å². The van der Waals surface area contributed by atoms with Crippen LogP contribution in [0.15, 0.2) is 58.0 Å². The standard InChI is InChI=1S/C22H30N4O3/c23-16-18(6-4-13-26-14-11-21(27)25-22(26)28)24-12-10-17-5-3-9-20(15-17)29-19-7-1-2-8-19/h3,5,9,11,14-16,19,24H,1-2,4,6-8,10,12-13,23H2,(H,25,27,28)/p+1/b18-16-. The second kappa shape index (κ2) is 10.7. The minimum absolute atomic E-state index is 0.370. The van der Waals surface area contributed by atoms with Gasteiger partial charge in [0.05, 0.1) is 11.8 Å². The molecule has 0 saturated heterocycles. The summed E-state index contributed by atoms with van der Waals surface area (Å²) in [7, 11) is 0. The summed E-state index contributed by atoms with van der Waals surface area (Å²) in [5, 5.41) is 3.43. The molecule has 1 fully saturated rings. The van der Waals surface area contributed by atoms with Crippen molar-refractivity contribution in [1.29, 1.82) is 0 Å². The number of aryl methyl sites for hydroxylation is 1. The molecular formula is C22H31N4O3+. The molecule has 1 saturated carbocycles. The zero-order valence-electron chi connectivity index (χ0n) is 16.9. The van der Waals surface area contributed by atoms with Crippen LogP contribution >= 0.6 is 0 Å². The predicted molar refractivity (Wildman–Crippen MR) is 113 cm³/mol. The quantitative estimate of drug-likeness (QED) is 0.564. The average Bonchev–Trinajstić information content (AvgIpc) is 3.21. The van der Waals surface area contributed by atoms with Gasteiger partial charge in [-0.2, -0.15) is 0 Å². The van der Waals surface area contributed by atoms with E-state index in [1.165, 1.54) is 35.2 Å². The number of benzene rings is 1. The second-order valence-corrected chi connectivity index (χ2v) is 7.48. The zero-order chi connectivity index (χ0) is 20.5. The van der Waals surface area contributed by atoms with Crippen molar-refractivity contribution in [3.8, 4) is 5.75 Å². The number of hydrogen-bond acceptors (Lipinski definition) is 4. The fraction of sp³-hybridized carbons (Fsp3) is 0.455. The Bertz CT molecular complexity index is 926. The Morgan fingerprint density at radius 2 is 2.10 bits per heavy atom. The van der Waals surface area contributed by atoms with Crippen molar-refractivity contribution < 1.29 is 10.5 Å². The molecule has 0 aliphatic heterocycles. The number of hydrogen-bond donors (Lipinski definition) is 3. The van der Waals surface area contributed by atoms with Crippen molar-refractivity contribution in [3.63, 3.8) is 0 Å². The topological polar surface area (TPSA) is 104 Å². The minimum atomic E-state index is -0.371. The Kier molecular flexibility index (Phi) is 7.69. The molecule has 1 aliphatic carbocycles. The summed E-state index contributed by atoms with van der Waals surface area (Å²) < 4.78 is 7.60. The lowest BCUT2D eigenvalue weighted by molar-refractivity contribution is -0.276. The van der Waals surface area contributed by atoms with Crippen LogP contribution in [0.3, 0.4) is 0 Å². The molecular weight excluding hydrogens is 368 g/mol. The van der Waals surface area contributed by atoms with Crippen molar-refractivity contribution in [2.24, 2.45) is 0 Å². The molecule has 5 N–H and O–H groups in total. The van der Waals surface area contributed by atoms with Crippen molar-refractivity contribution in [2.75, 3.05) is 6.54 Å². The zero-order valence-corrected chi connectivity index (χ0v) is 16.9. The smallest absolute Gasteiger partial charge is 0.328 e. The highest BCUT2D eigenvalue weighted by Crippen LogP contribution is 2.24. The Morgan fingerprint density at radius 3 is 2.86 bits per heavy atom. The molecule has 1 aliphatic rings. The van der Waals surface area contributed by atoms with Gasteiger partial charge in [0, 0.05) is 25.4 Å². The highest BCUT2D eigenvalue weighted by Gasteiger charge is 2.16. The lowest BCUT2D eigenvalue weighted by Gasteiger charge is -2.14. The molecule has 3 rings (SSSR count). The van der Waals surface area contributed by atoms with Crippen molar-refractivity contribution in [3.05, 3.63) is 74.8 Å². The van der Waals surface area contributed by atoms with Gasteiger partial charge in [-0.1, -0.05) is 12.1 Å². The fourth-order valence-electron chi connectivity index (χ4n) is 3.66. The first-order valence-electron chi connectivity index (χ1n) is 10.4. The third-order valence-electron chi connectivity index (χ3n) is 5.26. The summed E-state index contributed by atoms with van der Waals surface area (Å²) in [5.41, 5.74) is 5.44. The summed E-state index contributed by atoms with van der Waals surface area (Å²) in [5.74, 6) is 0.966. The largest absolute Gasteiger partial charge is 0.490 e. The van der Waals surface area contributed by atoms with Crippen molar-refractivity contribution in [1.82, 2.24) is 14.9 Å². The first-order valence-corrected chi connectivity index (χ1v) is 10.4. The van der Waals surface area contributed by atoms with Crippen LogP contribution < -0.4 is 27.0 Å². The number of rotatable bonds is 10. The number of ether oxygens (including phenoxy) is 1. The maximum Gasteiger partial charge on any atom is 0.328 e. The first-order chi connectivity index (χ1) is 14.1. The highest BCUT2D eigenvalue weighted by atomic mass is 16.5. The van der Waals surface area contributed by atoms with Crippen LogP contribution in [0.5, 0.6) is 5.75 Å². The van der Waals surface area contributed by atoms with E-state index in [0.29, 0.717) is 12.6 Å². The van der Waals surface area contributed by atoms with E-state index in [1.807, 2.05) is 12.3 Å². The first kappa shape index (κ1) is 20.9. The van der Waals surface area contributed by atoms with Crippen LogP contribution in [0.1, 0.15) is 44.1 Å². The predicted octanol–water partition coefficient (Wildman–Crippen LogP) is 1.55. The van der Waals surface area contributed by atoms with E-state index < -0.39 is 0 Å². The maximum absolute atomic E-state index is 11.7. The summed E-state index contributed by atoms with van der Waals surface area (Å²) in [6, 6.07) is 9.72. The number of H-pyrrole nitrogens is 1. The third-order valence-corrected chi connectivity index (χ3v) is 5.26. The van der Waals surface area contributed by atoms with Crippen molar-refractivity contribution >= 4 is 0 Å². The van der Waals surface area contributed by atoms with E-state index in [2.05, 4.69) is 34.2 Å². The van der Waals surface area contributed by atoms with Gasteiger partial charge in [0.2, 0.25) is 0 Å². The minimum Gasteiger partial charge on any atom is -0.490 e. The SMILES string of the molecule is [NH3+]/C=C(/CCCn1ccc(=O)[nH]c1=O)NCCc1cccc(OC2CCCC2)c1. The van der Waals surface area contributed by atoms with E-state index in [1.54, 1.807) is 0 Å². The third kappa shape index (κ3) is 6.64. The molecule has 1 aromatic heterocycles. The molecule has 29 heavy (non-hydrogen) atoms. The highest BCUT2D eigenvalue weighted by molar-refractivity contribution is 5.29. The van der Waals surface area contributed by atoms with Crippen LogP contribution in [0, 0.1) is 0 Å². The number of nitrogens with one attached hydrogen (secondary N) is 2. The average molecular weight is 400 g/mol. The van der Waals surface area contributed by atoms with Gasteiger partial charge in [-0.25, -0.2) is 4.79 Å². The van der Waals surface area contributed by atoms with Gasteiger partial charge >= 0.3 is 5.69 Å². The van der Waals surface area contributed by atoms with Crippen LogP contribution in [-0.2, 0) is 13.0 Å². The van der Waals surface area contributed by atoms with Gasteiger partial charge in [0.25, 0.3) is 5.56 Å². The van der Waals surface area contributed by atoms with E-state index in [-0.39, 0.29) is 11.2 Å². The normalized spacial score (nSPS) is 14.9. The Hall–Kier alpha value is -2.80. The number of aromatic nitrogens is 2. The van der Waals surface area contributed by atoms with Crippen LogP contribution in [-0.4, -0.2) is 22.2 Å². The Labute approximate surface area is 170 Å². The van der Waals surface area contributed by atoms with E-state index >= 15 is 0 Å². The summed E-state index contributed by atoms with van der Waals surface area (Å²) in [6.07, 6.45) is 11.1. The molecule has 7 heteroatoms. The molecule has 0 spiro atoms. The van der Waals surface area contributed by atoms with Gasteiger partial charge in [0.1, 0.15) is 11.9 Å². The summed E-state index contributed by atoms with van der Waals surface area (Å²) >= 11 is 0. The molecule has 0 unspecified atom stereocenters. The number of quaternary nitrogens is 1. The monoisotopic (exact) mass is 399 g/mol. The molecule has 0 radical (unpaired) electrons. The van der Waals surface area contributed by atoms with Crippen LogP contribution in [0.4, 0.5) is 0 Å². The van der Waals surface area contributed by atoms with Gasteiger partial charge < -0.3 is 20.4 Å². The number of allylic oxidation sites excluding steroid dienone is 1. The van der Waals surface area contributed by atoms with Gasteiger partial charge in [-0.05, 0) is 62.6 Å². The lowest BCUT2D eigenvalue weighted by Crippen LogP contribution is -2.42. The molecule has 1 aromatic carbocycles. The summed E-state index contributed by atoms with van der Waals surface area (Å²) in [4.78, 5) is 25.1. The van der Waals surface area contributed by atoms with E-state index in [0.717, 1.165) is 50.1 Å².